The average molecular weight is 417 g/mol. The van der Waals surface area contributed by atoms with E-state index in [1.807, 2.05) is 35.0 Å². The van der Waals surface area contributed by atoms with Gasteiger partial charge in [-0.2, -0.15) is 0 Å². The third-order valence-corrected chi connectivity index (χ3v) is 4.94. The molecule has 3 rings (SSSR count). The van der Waals surface area contributed by atoms with E-state index in [4.69, 9.17) is 18.9 Å². The fraction of sp³-hybridized carbons (Fsp3) is 0.500. The summed E-state index contributed by atoms with van der Waals surface area (Å²) in [4.78, 5) is 35.2. The van der Waals surface area contributed by atoms with Gasteiger partial charge in [-0.25, -0.2) is 0 Å². The fourth-order valence-electron chi connectivity index (χ4n) is 3.92. The molecular formula is C22H27NO7. The number of ether oxygens (including phenoxy) is 4. The van der Waals surface area contributed by atoms with Gasteiger partial charge >= 0.3 is 17.9 Å². The number of nitrogens with zero attached hydrogens (tertiary/aromatic N) is 1. The number of aromatic nitrogens is 1. The van der Waals surface area contributed by atoms with Gasteiger partial charge in [0.2, 0.25) is 0 Å². The van der Waals surface area contributed by atoms with Crippen LogP contribution >= 0.6 is 0 Å². The van der Waals surface area contributed by atoms with Gasteiger partial charge in [0.15, 0.2) is 24.5 Å². The third-order valence-electron chi connectivity index (χ3n) is 4.94. The van der Waals surface area contributed by atoms with E-state index in [-0.39, 0.29) is 6.61 Å². The molecule has 0 spiro atoms. The molecule has 0 saturated carbocycles. The summed E-state index contributed by atoms with van der Waals surface area (Å²) in [6.45, 7) is 5.88. The monoisotopic (exact) mass is 417 g/mol. The maximum Gasteiger partial charge on any atom is 0.303 e. The Hall–Kier alpha value is -2.87. The lowest BCUT2D eigenvalue weighted by Crippen LogP contribution is -2.55. The molecule has 4 atom stereocenters. The molecule has 162 valence electrons. The first-order valence-electron chi connectivity index (χ1n) is 10.0. The Bertz CT molecular complexity index is 935. The van der Waals surface area contributed by atoms with Gasteiger partial charge in [-0.15, -0.1) is 0 Å². The molecule has 0 aliphatic carbocycles. The van der Waals surface area contributed by atoms with Gasteiger partial charge in [0, 0.05) is 32.4 Å². The lowest BCUT2D eigenvalue weighted by Gasteiger charge is -2.41. The van der Waals surface area contributed by atoms with Crippen molar-refractivity contribution in [1.82, 2.24) is 4.57 Å². The van der Waals surface area contributed by atoms with E-state index in [0.717, 1.165) is 29.3 Å². The van der Waals surface area contributed by atoms with Gasteiger partial charge in [0.25, 0.3) is 0 Å². The second-order valence-corrected chi connectivity index (χ2v) is 7.35. The number of hydrogen-bond acceptors (Lipinski definition) is 7. The van der Waals surface area contributed by atoms with Crippen molar-refractivity contribution in [2.24, 2.45) is 0 Å². The highest BCUT2D eigenvalue weighted by atomic mass is 16.6. The highest BCUT2D eigenvalue weighted by Gasteiger charge is 2.47. The van der Waals surface area contributed by atoms with E-state index in [1.54, 1.807) is 0 Å². The predicted molar refractivity (Wildman–Crippen MR) is 108 cm³/mol. The van der Waals surface area contributed by atoms with Crippen LogP contribution in [0.15, 0.2) is 30.5 Å². The number of esters is 3. The van der Waals surface area contributed by atoms with Crippen LogP contribution in [0.2, 0.25) is 0 Å². The van der Waals surface area contributed by atoms with E-state index < -0.39 is 42.4 Å². The number of para-hydroxylation sites is 1. The van der Waals surface area contributed by atoms with Crippen LogP contribution < -0.4 is 0 Å². The van der Waals surface area contributed by atoms with Gasteiger partial charge < -0.3 is 23.5 Å². The van der Waals surface area contributed by atoms with Crippen molar-refractivity contribution < 1.29 is 33.3 Å². The van der Waals surface area contributed by atoms with Gasteiger partial charge in [-0.1, -0.05) is 31.5 Å². The minimum absolute atomic E-state index is 0.00439. The van der Waals surface area contributed by atoms with Crippen LogP contribution in [0.1, 0.15) is 45.9 Å². The second-order valence-electron chi connectivity index (χ2n) is 7.35. The molecule has 1 aliphatic heterocycles. The van der Waals surface area contributed by atoms with Gasteiger partial charge in [0.05, 0.1) is 12.1 Å². The molecule has 2 heterocycles. The quantitative estimate of drug-likeness (QED) is 0.527. The normalized spacial score (nSPS) is 23.7. The molecular weight excluding hydrogens is 390 g/mol. The van der Waals surface area contributed by atoms with Crippen molar-refractivity contribution in [3.8, 4) is 0 Å². The van der Waals surface area contributed by atoms with E-state index in [9.17, 15) is 14.4 Å². The maximum atomic E-state index is 11.9. The SMILES string of the molecule is CCCc1cn(C2OCC(OC(C)=O)C(OC(C)=O)C2OC(C)=O)c2ccccc12. The first-order chi connectivity index (χ1) is 14.3. The number of rotatable bonds is 6. The molecule has 0 N–H and O–H groups in total. The Labute approximate surface area is 175 Å². The van der Waals surface area contributed by atoms with E-state index in [2.05, 4.69) is 6.92 Å². The second kappa shape index (κ2) is 9.30. The predicted octanol–water partition coefficient (Wildman–Crippen LogP) is 2.92. The van der Waals surface area contributed by atoms with E-state index in [1.165, 1.54) is 20.8 Å². The summed E-state index contributed by atoms with van der Waals surface area (Å²) in [7, 11) is 0. The zero-order valence-corrected chi connectivity index (χ0v) is 17.6. The van der Waals surface area contributed by atoms with Crippen molar-refractivity contribution in [2.75, 3.05) is 6.61 Å². The van der Waals surface area contributed by atoms with Gasteiger partial charge in [-0.3, -0.25) is 14.4 Å². The molecule has 1 fully saturated rings. The standard InChI is InChI=1S/C22H27NO7/c1-5-8-16-11-23(18-10-7-6-9-17(16)18)22-21(30-15(4)26)20(29-14(3)25)19(12-27-22)28-13(2)24/h6-7,9-11,19-22H,5,8,12H2,1-4H3. The Morgan fingerprint density at radius 3 is 2.27 bits per heavy atom. The van der Waals surface area contributed by atoms with Gasteiger partial charge in [0.1, 0.15) is 0 Å². The summed E-state index contributed by atoms with van der Waals surface area (Å²) in [6.07, 6.45) is 0.204. The van der Waals surface area contributed by atoms with Crippen LogP contribution in [-0.4, -0.2) is 47.4 Å². The highest BCUT2D eigenvalue weighted by Crippen LogP contribution is 2.35. The number of carbonyl (C=O) groups excluding carboxylic acids is 3. The summed E-state index contributed by atoms with van der Waals surface area (Å²) in [5, 5.41) is 1.08. The molecule has 1 aliphatic rings. The van der Waals surface area contributed by atoms with Crippen LogP contribution in [0, 0.1) is 0 Å². The fourth-order valence-corrected chi connectivity index (χ4v) is 3.92. The van der Waals surface area contributed by atoms with Crippen LogP contribution in [0.5, 0.6) is 0 Å². The maximum absolute atomic E-state index is 11.9. The van der Waals surface area contributed by atoms with Crippen molar-refractivity contribution in [1.29, 1.82) is 0 Å². The summed E-state index contributed by atoms with van der Waals surface area (Å²) in [5.41, 5.74) is 2.06. The molecule has 0 radical (unpaired) electrons. The van der Waals surface area contributed by atoms with E-state index >= 15 is 0 Å². The third kappa shape index (κ3) is 4.64. The molecule has 8 heteroatoms. The lowest BCUT2D eigenvalue weighted by atomic mass is 10.0. The van der Waals surface area contributed by atoms with Crippen LogP contribution in [0.3, 0.4) is 0 Å². The molecule has 0 amide bonds. The molecule has 0 bridgehead atoms. The van der Waals surface area contributed by atoms with E-state index in [0.29, 0.717) is 0 Å². The summed E-state index contributed by atoms with van der Waals surface area (Å²) in [5.74, 6) is -1.67. The molecule has 1 saturated heterocycles. The van der Waals surface area contributed by atoms with Crippen molar-refractivity contribution in [3.05, 3.63) is 36.0 Å². The summed E-state index contributed by atoms with van der Waals surface area (Å²) < 4.78 is 24.2. The van der Waals surface area contributed by atoms with Crippen LogP contribution in [0.25, 0.3) is 10.9 Å². The Morgan fingerprint density at radius 1 is 1.00 bits per heavy atom. The molecule has 4 unspecified atom stereocenters. The minimum Gasteiger partial charge on any atom is -0.456 e. The van der Waals surface area contributed by atoms with Crippen LogP contribution in [0.4, 0.5) is 0 Å². The largest absolute Gasteiger partial charge is 0.456 e. The molecule has 2 aromatic rings. The van der Waals surface area contributed by atoms with Crippen LogP contribution in [-0.2, 0) is 39.8 Å². The first kappa shape index (κ1) is 21.8. The molecule has 8 nitrogen and oxygen atoms in total. The molecule has 1 aromatic carbocycles. The summed E-state index contributed by atoms with van der Waals surface area (Å²) in [6, 6.07) is 7.88. The number of aryl methyl sites for hydroxylation is 1. The first-order valence-corrected chi connectivity index (χ1v) is 10.0. The van der Waals surface area contributed by atoms with Crippen molar-refractivity contribution in [2.45, 2.75) is 65.1 Å². The lowest BCUT2D eigenvalue weighted by molar-refractivity contribution is -0.239. The van der Waals surface area contributed by atoms with Crippen molar-refractivity contribution >= 4 is 28.8 Å². The number of carbonyl (C=O) groups is 3. The van der Waals surface area contributed by atoms with Crippen molar-refractivity contribution in [3.63, 3.8) is 0 Å². The topological polar surface area (TPSA) is 93.1 Å². The number of fused-ring (bicyclic) bond motifs is 1. The Morgan fingerprint density at radius 2 is 1.63 bits per heavy atom. The zero-order valence-electron chi connectivity index (χ0n) is 17.6. The molecule has 30 heavy (non-hydrogen) atoms. The zero-order chi connectivity index (χ0) is 21.8. The highest BCUT2D eigenvalue weighted by molar-refractivity contribution is 5.84. The average Bonchev–Trinajstić information content (AvgIpc) is 3.02. The molecule has 1 aromatic heterocycles. The summed E-state index contributed by atoms with van der Waals surface area (Å²) >= 11 is 0. The van der Waals surface area contributed by atoms with Gasteiger partial charge in [-0.05, 0) is 18.1 Å². The smallest absolute Gasteiger partial charge is 0.303 e. The number of hydrogen-bond donors (Lipinski definition) is 0. The Balaban J connectivity index is 2.06. The minimum atomic E-state index is -0.996. The Kier molecular flexibility index (Phi) is 6.77. The number of benzene rings is 1.